The molecule has 0 bridgehead atoms. The fourth-order valence-electron chi connectivity index (χ4n) is 3.38. The van der Waals surface area contributed by atoms with Crippen LogP contribution < -0.4 is 11.1 Å². The van der Waals surface area contributed by atoms with Crippen LogP contribution in [0.4, 0.5) is 5.69 Å². The molecule has 1 aliphatic rings. The first kappa shape index (κ1) is 20.5. The summed E-state index contributed by atoms with van der Waals surface area (Å²) in [5, 5.41) is 11.8. The number of hydrogen-bond donors (Lipinski definition) is 3. The van der Waals surface area contributed by atoms with Gasteiger partial charge < -0.3 is 21.1 Å². The van der Waals surface area contributed by atoms with Gasteiger partial charge >= 0.3 is 5.97 Å². The van der Waals surface area contributed by atoms with Crippen molar-refractivity contribution in [1.29, 1.82) is 0 Å². The lowest BCUT2D eigenvalue weighted by molar-refractivity contribution is -0.138. The third-order valence-corrected chi connectivity index (χ3v) is 5.03. The molecule has 1 aliphatic heterocycles. The highest BCUT2D eigenvalue weighted by atomic mass is 16.4. The summed E-state index contributed by atoms with van der Waals surface area (Å²) in [4.78, 5) is 41.7. The standard InChI is InChI=1S/C21H24N4O4/c22-18(21(28)29)12-14-3-1-5-17(11-14)24-19(26)15-6-9-25(10-7-15)20(27)16-4-2-8-23-13-16/h1-5,8,11,13,15,18H,6-7,9-10,12,22H2,(H,24,26)(H,28,29)/t18-/m0/s1. The zero-order valence-electron chi connectivity index (χ0n) is 16.0. The second-order valence-electron chi connectivity index (χ2n) is 7.15. The highest BCUT2D eigenvalue weighted by Crippen LogP contribution is 2.21. The Morgan fingerprint density at radius 3 is 2.62 bits per heavy atom. The van der Waals surface area contributed by atoms with Crippen LogP contribution in [0.3, 0.4) is 0 Å². The summed E-state index contributed by atoms with van der Waals surface area (Å²) in [6.45, 7) is 1.03. The van der Waals surface area contributed by atoms with Crippen molar-refractivity contribution in [2.24, 2.45) is 11.7 Å². The van der Waals surface area contributed by atoms with Crippen molar-refractivity contribution < 1.29 is 19.5 Å². The van der Waals surface area contributed by atoms with E-state index in [0.29, 0.717) is 37.2 Å². The molecule has 1 aromatic carbocycles. The number of carboxylic acids is 1. The van der Waals surface area contributed by atoms with E-state index >= 15 is 0 Å². The molecule has 0 radical (unpaired) electrons. The van der Waals surface area contributed by atoms with Crippen molar-refractivity contribution in [3.05, 3.63) is 59.9 Å². The average molecular weight is 396 g/mol. The van der Waals surface area contributed by atoms with Crippen LogP contribution in [-0.4, -0.2) is 51.9 Å². The van der Waals surface area contributed by atoms with Crippen molar-refractivity contribution in [1.82, 2.24) is 9.88 Å². The number of carbonyl (C=O) groups is 3. The van der Waals surface area contributed by atoms with Crippen LogP contribution in [0.5, 0.6) is 0 Å². The van der Waals surface area contributed by atoms with E-state index in [4.69, 9.17) is 10.8 Å². The fraction of sp³-hybridized carbons (Fsp3) is 0.333. The SMILES string of the molecule is N[C@@H](Cc1cccc(NC(=O)C2CCN(C(=O)c3cccnc3)CC2)c1)C(=O)O. The van der Waals surface area contributed by atoms with Crippen LogP contribution in [0, 0.1) is 5.92 Å². The van der Waals surface area contributed by atoms with Gasteiger partial charge in [0.25, 0.3) is 5.91 Å². The number of anilines is 1. The smallest absolute Gasteiger partial charge is 0.320 e. The van der Waals surface area contributed by atoms with Gasteiger partial charge in [-0.1, -0.05) is 12.1 Å². The predicted molar refractivity (Wildman–Crippen MR) is 107 cm³/mol. The number of nitrogens with two attached hydrogens (primary N) is 1. The van der Waals surface area contributed by atoms with Crippen molar-refractivity contribution in [3.8, 4) is 0 Å². The lowest BCUT2D eigenvalue weighted by Gasteiger charge is -2.31. The van der Waals surface area contributed by atoms with Crippen molar-refractivity contribution in [2.75, 3.05) is 18.4 Å². The number of carboxylic acid groups (broad SMARTS) is 1. The maximum atomic E-state index is 12.6. The van der Waals surface area contributed by atoms with Crippen LogP contribution in [0.2, 0.25) is 0 Å². The van der Waals surface area contributed by atoms with Crippen LogP contribution in [0.25, 0.3) is 0 Å². The molecule has 1 atom stereocenters. The molecule has 0 unspecified atom stereocenters. The molecule has 2 amide bonds. The van der Waals surface area contributed by atoms with Crippen LogP contribution in [0.1, 0.15) is 28.8 Å². The average Bonchev–Trinajstić information content (AvgIpc) is 2.74. The molecule has 8 nitrogen and oxygen atoms in total. The first-order chi connectivity index (χ1) is 13.9. The molecule has 8 heteroatoms. The normalized spacial score (nSPS) is 15.6. The Morgan fingerprint density at radius 1 is 1.21 bits per heavy atom. The van der Waals surface area contributed by atoms with Gasteiger partial charge in [0.05, 0.1) is 5.56 Å². The number of benzene rings is 1. The number of carbonyl (C=O) groups excluding carboxylic acids is 2. The Hall–Kier alpha value is -3.26. The summed E-state index contributed by atoms with van der Waals surface area (Å²) in [6.07, 6.45) is 4.53. The van der Waals surface area contributed by atoms with Gasteiger partial charge in [0.2, 0.25) is 5.91 Å². The Kier molecular flexibility index (Phi) is 6.56. The van der Waals surface area contributed by atoms with Gasteiger partial charge in [-0.25, -0.2) is 0 Å². The van der Waals surface area contributed by atoms with Gasteiger partial charge in [-0.05, 0) is 49.1 Å². The van der Waals surface area contributed by atoms with Crippen molar-refractivity contribution in [3.63, 3.8) is 0 Å². The topological polar surface area (TPSA) is 126 Å². The molecule has 0 spiro atoms. The first-order valence-corrected chi connectivity index (χ1v) is 9.51. The van der Waals surface area contributed by atoms with E-state index in [1.54, 1.807) is 53.7 Å². The number of nitrogens with one attached hydrogen (secondary N) is 1. The van der Waals surface area contributed by atoms with E-state index in [2.05, 4.69) is 10.3 Å². The Bertz CT molecular complexity index is 879. The molecular weight excluding hydrogens is 372 g/mol. The van der Waals surface area contributed by atoms with Crippen LogP contribution in [-0.2, 0) is 16.0 Å². The van der Waals surface area contributed by atoms with Crippen LogP contribution in [0.15, 0.2) is 48.8 Å². The summed E-state index contributed by atoms with van der Waals surface area (Å²) in [5.74, 6) is -1.41. The second-order valence-corrected chi connectivity index (χ2v) is 7.15. The second kappa shape index (κ2) is 9.29. The summed E-state index contributed by atoms with van der Waals surface area (Å²) >= 11 is 0. The minimum absolute atomic E-state index is 0.0700. The Balaban J connectivity index is 1.53. The Morgan fingerprint density at radius 2 is 1.97 bits per heavy atom. The molecule has 29 heavy (non-hydrogen) atoms. The van der Waals surface area contributed by atoms with E-state index in [0.717, 1.165) is 5.56 Å². The molecule has 2 aromatic rings. The predicted octanol–water partition coefficient (Wildman–Crippen LogP) is 1.53. The van der Waals surface area contributed by atoms with E-state index in [1.165, 1.54) is 0 Å². The third kappa shape index (κ3) is 5.39. The molecule has 152 valence electrons. The lowest BCUT2D eigenvalue weighted by Crippen LogP contribution is -2.41. The molecule has 1 saturated heterocycles. The number of aromatic nitrogens is 1. The zero-order valence-corrected chi connectivity index (χ0v) is 16.0. The number of hydrogen-bond acceptors (Lipinski definition) is 5. The number of piperidine rings is 1. The quantitative estimate of drug-likeness (QED) is 0.680. The first-order valence-electron chi connectivity index (χ1n) is 9.51. The summed E-state index contributed by atoms with van der Waals surface area (Å²) in [6, 6.07) is 9.51. The monoisotopic (exact) mass is 396 g/mol. The number of pyridine rings is 1. The summed E-state index contributed by atoms with van der Waals surface area (Å²) in [7, 11) is 0. The highest BCUT2D eigenvalue weighted by molar-refractivity contribution is 5.95. The van der Waals surface area contributed by atoms with Gasteiger partial charge in [-0.2, -0.15) is 0 Å². The maximum Gasteiger partial charge on any atom is 0.320 e. The summed E-state index contributed by atoms with van der Waals surface area (Å²) < 4.78 is 0. The maximum absolute atomic E-state index is 12.6. The zero-order chi connectivity index (χ0) is 20.8. The molecule has 0 aliphatic carbocycles. The minimum Gasteiger partial charge on any atom is -0.480 e. The third-order valence-electron chi connectivity index (χ3n) is 5.03. The van der Waals surface area contributed by atoms with Gasteiger partial charge in [-0.15, -0.1) is 0 Å². The van der Waals surface area contributed by atoms with Crippen molar-refractivity contribution >= 4 is 23.5 Å². The molecule has 0 saturated carbocycles. The van der Waals surface area contributed by atoms with Gasteiger partial charge in [0.15, 0.2) is 0 Å². The molecule has 1 fully saturated rings. The molecule has 2 heterocycles. The molecule has 3 rings (SSSR count). The number of rotatable bonds is 6. The highest BCUT2D eigenvalue weighted by Gasteiger charge is 2.28. The summed E-state index contributed by atoms with van der Waals surface area (Å²) in [5.41, 5.74) is 7.48. The van der Waals surface area contributed by atoms with Gasteiger partial charge in [0, 0.05) is 37.1 Å². The molecule has 1 aromatic heterocycles. The number of amides is 2. The van der Waals surface area contributed by atoms with Gasteiger partial charge in [0.1, 0.15) is 6.04 Å². The van der Waals surface area contributed by atoms with E-state index in [9.17, 15) is 14.4 Å². The van der Waals surface area contributed by atoms with Gasteiger partial charge in [-0.3, -0.25) is 19.4 Å². The number of likely N-dealkylation sites (tertiary alicyclic amines) is 1. The minimum atomic E-state index is -1.06. The number of nitrogens with zero attached hydrogens (tertiary/aromatic N) is 2. The van der Waals surface area contributed by atoms with E-state index < -0.39 is 12.0 Å². The molecular formula is C21H24N4O4. The van der Waals surface area contributed by atoms with Crippen LogP contribution >= 0.6 is 0 Å². The van der Waals surface area contributed by atoms with E-state index in [1.807, 2.05) is 0 Å². The lowest BCUT2D eigenvalue weighted by atomic mass is 9.95. The molecule has 4 N–H and O–H groups in total. The van der Waals surface area contributed by atoms with Crippen molar-refractivity contribution in [2.45, 2.75) is 25.3 Å². The largest absolute Gasteiger partial charge is 0.480 e. The Labute approximate surface area is 168 Å². The number of aliphatic carboxylic acids is 1. The fourth-order valence-corrected chi connectivity index (χ4v) is 3.38. The van der Waals surface area contributed by atoms with E-state index in [-0.39, 0.29) is 24.2 Å².